The summed E-state index contributed by atoms with van der Waals surface area (Å²) in [5, 5.41) is 8.93. The van der Waals surface area contributed by atoms with Crippen LogP contribution < -0.4 is 0 Å². The molecule has 2 rings (SSSR count). The van der Waals surface area contributed by atoms with Gasteiger partial charge in [0.2, 0.25) is 5.91 Å². The molecule has 6 heteroatoms. The fraction of sp³-hybridized carbons (Fsp3) is 0.467. The van der Waals surface area contributed by atoms with Crippen LogP contribution in [0, 0.1) is 11.7 Å². The number of carboxylic acid groups (broad SMARTS) is 1. The molecule has 4 nitrogen and oxygen atoms in total. The minimum absolute atomic E-state index is 0.0326. The van der Waals surface area contributed by atoms with Crippen LogP contribution >= 0.6 is 11.6 Å². The predicted octanol–water partition coefficient (Wildman–Crippen LogP) is 2.91. The Balaban J connectivity index is 1.93. The Morgan fingerprint density at radius 1 is 1.48 bits per heavy atom. The molecule has 1 aromatic carbocycles. The van der Waals surface area contributed by atoms with E-state index in [2.05, 4.69) is 0 Å². The molecular formula is C15H17ClFNO3. The molecule has 0 saturated heterocycles. The van der Waals surface area contributed by atoms with Crippen molar-refractivity contribution < 1.29 is 19.1 Å². The Morgan fingerprint density at radius 3 is 2.81 bits per heavy atom. The lowest BCUT2D eigenvalue weighted by molar-refractivity contribution is -0.138. The summed E-state index contributed by atoms with van der Waals surface area (Å²) < 4.78 is 13.8. The van der Waals surface area contributed by atoms with E-state index in [-0.39, 0.29) is 30.0 Å². The average molecular weight is 314 g/mol. The summed E-state index contributed by atoms with van der Waals surface area (Å²) >= 11 is 6.00. The Hall–Kier alpha value is -1.62. The maximum absolute atomic E-state index is 13.8. The summed E-state index contributed by atoms with van der Waals surface area (Å²) in [6, 6.07) is 4.51. The summed E-state index contributed by atoms with van der Waals surface area (Å²) in [6.45, 7) is 0.388. The Kier molecular flexibility index (Phi) is 4.83. The first-order valence-electron chi connectivity index (χ1n) is 6.82. The maximum Gasteiger partial charge on any atom is 0.303 e. The number of halogens is 2. The van der Waals surface area contributed by atoms with Crippen molar-refractivity contribution in [1.29, 1.82) is 0 Å². The van der Waals surface area contributed by atoms with Gasteiger partial charge in [0.25, 0.3) is 0 Å². The quantitative estimate of drug-likeness (QED) is 0.878. The molecule has 0 radical (unpaired) electrons. The van der Waals surface area contributed by atoms with Gasteiger partial charge in [-0.25, -0.2) is 4.39 Å². The first kappa shape index (κ1) is 15.8. The van der Waals surface area contributed by atoms with Gasteiger partial charge >= 0.3 is 5.97 Å². The molecule has 2 atom stereocenters. The van der Waals surface area contributed by atoms with Gasteiger partial charge < -0.3 is 10.0 Å². The predicted molar refractivity (Wildman–Crippen MR) is 76.8 cm³/mol. The van der Waals surface area contributed by atoms with Crippen LogP contribution in [0.15, 0.2) is 18.2 Å². The number of carbonyl (C=O) groups excluding carboxylic acids is 1. The lowest BCUT2D eigenvalue weighted by Crippen LogP contribution is -2.29. The van der Waals surface area contributed by atoms with E-state index in [1.807, 2.05) is 0 Å². The summed E-state index contributed by atoms with van der Waals surface area (Å²) in [4.78, 5) is 24.2. The van der Waals surface area contributed by atoms with Gasteiger partial charge in [0.15, 0.2) is 0 Å². The smallest absolute Gasteiger partial charge is 0.303 e. The molecule has 1 aliphatic rings. The van der Waals surface area contributed by atoms with Crippen LogP contribution in [0.4, 0.5) is 4.39 Å². The molecule has 2 unspecified atom stereocenters. The third-order valence-corrected chi connectivity index (χ3v) is 4.07. The molecule has 1 aromatic rings. The summed E-state index contributed by atoms with van der Waals surface area (Å²) in [5.74, 6) is -1.76. The molecule has 0 aromatic heterocycles. The number of aliphatic carboxylic acids is 1. The van der Waals surface area contributed by atoms with Gasteiger partial charge in [-0.05, 0) is 25.0 Å². The average Bonchev–Trinajstić information content (AvgIpc) is 3.17. The Bertz CT molecular complexity index is 544. The molecule has 0 heterocycles. The fourth-order valence-electron chi connectivity index (χ4n) is 2.51. The molecular weight excluding hydrogens is 297 g/mol. The SMILES string of the molecule is CN(CCCC(=O)O)C(=O)C1CC1c1c(F)cccc1Cl. The molecule has 1 amide bonds. The van der Waals surface area contributed by atoms with Crippen LogP contribution in [0.25, 0.3) is 0 Å². The number of benzene rings is 1. The standard InChI is InChI=1S/C15H17ClFNO3/c1-18(7-3-6-13(19)20)15(21)10-8-9(10)14-11(16)4-2-5-12(14)17/h2,4-5,9-10H,3,6-8H2,1H3,(H,19,20). The zero-order chi connectivity index (χ0) is 15.6. The molecule has 1 saturated carbocycles. The molecule has 0 bridgehead atoms. The highest BCUT2D eigenvalue weighted by Crippen LogP contribution is 2.51. The monoisotopic (exact) mass is 313 g/mol. The van der Waals surface area contributed by atoms with E-state index in [9.17, 15) is 14.0 Å². The van der Waals surface area contributed by atoms with E-state index in [0.29, 0.717) is 30.0 Å². The number of amides is 1. The van der Waals surface area contributed by atoms with Crippen molar-refractivity contribution in [2.45, 2.75) is 25.2 Å². The van der Waals surface area contributed by atoms with Crippen LogP contribution in [-0.4, -0.2) is 35.5 Å². The third kappa shape index (κ3) is 3.73. The molecule has 0 aliphatic heterocycles. The van der Waals surface area contributed by atoms with E-state index in [1.54, 1.807) is 19.2 Å². The van der Waals surface area contributed by atoms with Gasteiger partial charge in [0.1, 0.15) is 5.82 Å². The minimum atomic E-state index is -0.877. The topological polar surface area (TPSA) is 57.6 Å². The highest BCUT2D eigenvalue weighted by atomic mass is 35.5. The summed E-state index contributed by atoms with van der Waals surface area (Å²) in [5.41, 5.74) is 0.413. The van der Waals surface area contributed by atoms with Crippen molar-refractivity contribution in [3.63, 3.8) is 0 Å². The van der Waals surface area contributed by atoms with Crippen molar-refractivity contribution >= 4 is 23.5 Å². The van der Waals surface area contributed by atoms with E-state index in [0.717, 1.165) is 0 Å². The Morgan fingerprint density at radius 2 is 2.19 bits per heavy atom. The third-order valence-electron chi connectivity index (χ3n) is 3.74. The number of rotatable bonds is 6. The van der Waals surface area contributed by atoms with Crippen molar-refractivity contribution in [3.8, 4) is 0 Å². The number of nitrogens with zero attached hydrogens (tertiary/aromatic N) is 1. The highest BCUT2D eigenvalue weighted by molar-refractivity contribution is 6.31. The zero-order valence-corrected chi connectivity index (χ0v) is 12.4. The molecule has 1 aliphatic carbocycles. The van der Waals surface area contributed by atoms with Crippen LogP contribution in [-0.2, 0) is 9.59 Å². The second-order valence-corrected chi connectivity index (χ2v) is 5.75. The van der Waals surface area contributed by atoms with Gasteiger partial charge in [-0.15, -0.1) is 0 Å². The van der Waals surface area contributed by atoms with Gasteiger partial charge in [0.05, 0.1) is 0 Å². The summed E-state index contributed by atoms with van der Waals surface area (Å²) in [6.07, 6.45) is 1.03. The van der Waals surface area contributed by atoms with Crippen LogP contribution in [0.1, 0.15) is 30.7 Å². The molecule has 21 heavy (non-hydrogen) atoms. The first-order chi connectivity index (χ1) is 9.91. The lowest BCUT2D eigenvalue weighted by atomic mass is 10.1. The lowest BCUT2D eigenvalue weighted by Gasteiger charge is -2.17. The molecule has 1 fully saturated rings. The van der Waals surface area contributed by atoms with Crippen LogP contribution in [0.2, 0.25) is 5.02 Å². The number of hydrogen-bond acceptors (Lipinski definition) is 2. The van der Waals surface area contributed by atoms with Gasteiger partial charge in [-0.1, -0.05) is 17.7 Å². The number of hydrogen-bond donors (Lipinski definition) is 1. The van der Waals surface area contributed by atoms with Crippen molar-refractivity contribution in [2.24, 2.45) is 5.92 Å². The highest BCUT2D eigenvalue weighted by Gasteiger charge is 2.47. The normalized spacial score (nSPS) is 20.1. The van der Waals surface area contributed by atoms with Gasteiger partial charge in [-0.2, -0.15) is 0 Å². The maximum atomic E-state index is 13.8. The van der Waals surface area contributed by atoms with Crippen molar-refractivity contribution in [1.82, 2.24) is 4.90 Å². The van der Waals surface area contributed by atoms with Crippen molar-refractivity contribution in [2.75, 3.05) is 13.6 Å². The van der Waals surface area contributed by atoms with E-state index in [1.165, 1.54) is 11.0 Å². The minimum Gasteiger partial charge on any atom is -0.481 e. The first-order valence-corrected chi connectivity index (χ1v) is 7.20. The molecule has 114 valence electrons. The van der Waals surface area contributed by atoms with E-state index in [4.69, 9.17) is 16.7 Å². The van der Waals surface area contributed by atoms with E-state index >= 15 is 0 Å². The summed E-state index contributed by atoms with van der Waals surface area (Å²) in [7, 11) is 1.64. The fourth-order valence-corrected chi connectivity index (χ4v) is 2.82. The van der Waals surface area contributed by atoms with E-state index < -0.39 is 5.97 Å². The number of carboxylic acids is 1. The Labute approximate surface area is 127 Å². The second-order valence-electron chi connectivity index (χ2n) is 5.34. The van der Waals surface area contributed by atoms with Gasteiger partial charge in [-0.3, -0.25) is 9.59 Å². The zero-order valence-electron chi connectivity index (χ0n) is 11.7. The largest absolute Gasteiger partial charge is 0.481 e. The van der Waals surface area contributed by atoms with Gasteiger partial charge in [0, 0.05) is 42.4 Å². The van der Waals surface area contributed by atoms with Crippen LogP contribution in [0.5, 0.6) is 0 Å². The second kappa shape index (κ2) is 6.43. The molecule has 1 N–H and O–H groups in total. The van der Waals surface area contributed by atoms with Crippen molar-refractivity contribution in [3.05, 3.63) is 34.6 Å². The van der Waals surface area contributed by atoms with Crippen LogP contribution in [0.3, 0.4) is 0 Å². The molecule has 0 spiro atoms. The number of carbonyl (C=O) groups is 2.